The summed E-state index contributed by atoms with van der Waals surface area (Å²) in [4.78, 5) is 10.8. The molecule has 1 aromatic rings. The van der Waals surface area contributed by atoms with Gasteiger partial charge in [-0.1, -0.05) is 38.0 Å². The molecule has 0 heterocycles. The van der Waals surface area contributed by atoms with Crippen molar-refractivity contribution in [2.75, 3.05) is 6.54 Å². The maximum absolute atomic E-state index is 10.8. The van der Waals surface area contributed by atoms with Gasteiger partial charge < -0.3 is 15.2 Å². The Balaban J connectivity index is 2.08. The highest BCUT2D eigenvalue weighted by Gasteiger charge is 2.03. The van der Waals surface area contributed by atoms with E-state index in [9.17, 15) is 9.90 Å². The Morgan fingerprint density at radius 2 is 1.80 bits per heavy atom. The number of para-hydroxylation sites is 1. The van der Waals surface area contributed by atoms with Gasteiger partial charge in [-0.15, -0.1) is 0 Å². The van der Waals surface area contributed by atoms with Gasteiger partial charge in [0.1, 0.15) is 11.5 Å². The first-order valence-electron chi connectivity index (χ1n) is 7.32. The number of unbranched alkanes of at least 4 members (excludes halogenated alkanes) is 4. The highest BCUT2D eigenvalue weighted by Crippen LogP contribution is 2.21. The molecule has 1 rings (SSSR count). The number of aromatic hydroxyl groups is 1. The number of carbonyl (C=O) groups excluding carboxylic acids is 1. The molecule has 20 heavy (non-hydrogen) atoms. The number of hydrogen-bond acceptors (Lipinski definition) is 3. The van der Waals surface area contributed by atoms with E-state index in [1.807, 2.05) is 12.1 Å². The number of ketones is 1. The molecule has 0 fully saturated rings. The average Bonchev–Trinajstić information content (AvgIpc) is 2.41. The fourth-order valence-electron chi connectivity index (χ4n) is 2.09. The van der Waals surface area contributed by atoms with Gasteiger partial charge in [0.15, 0.2) is 0 Å². The average molecular weight is 275 g/mol. The first-order valence-corrected chi connectivity index (χ1v) is 7.32. The molecule has 0 bridgehead atoms. The minimum Gasteiger partial charge on any atom is -0.507 e. The number of benzene rings is 1. The van der Waals surface area contributed by atoms with Crippen LogP contribution in [0.2, 0.25) is 0 Å². The Bertz CT molecular complexity index is 440. The first-order chi connectivity index (χ1) is 9.61. The molecule has 0 aliphatic carbocycles. The van der Waals surface area contributed by atoms with Crippen molar-refractivity contribution in [3.63, 3.8) is 0 Å². The van der Waals surface area contributed by atoms with Gasteiger partial charge in [0, 0.05) is 24.2 Å². The smallest absolute Gasteiger partial charge is 0.129 e. The molecule has 110 valence electrons. The summed E-state index contributed by atoms with van der Waals surface area (Å²) in [6.45, 7) is 6.45. The van der Waals surface area contributed by atoms with Crippen molar-refractivity contribution in [3.8, 4) is 5.75 Å². The zero-order valence-electron chi connectivity index (χ0n) is 12.3. The summed E-state index contributed by atoms with van der Waals surface area (Å²) in [5.41, 5.74) is 1.52. The Hall–Kier alpha value is -1.77. The van der Waals surface area contributed by atoms with Gasteiger partial charge in [-0.05, 0) is 31.9 Å². The van der Waals surface area contributed by atoms with E-state index >= 15 is 0 Å². The van der Waals surface area contributed by atoms with Crippen LogP contribution in [0.25, 0.3) is 5.70 Å². The molecule has 1 aromatic carbocycles. The second-order valence-electron chi connectivity index (χ2n) is 5.14. The van der Waals surface area contributed by atoms with Crippen molar-refractivity contribution < 1.29 is 9.90 Å². The minimum absolute atomic E-state index is 0.259. The van der Waals surface area contributed by atoms with Crippen LogP contribution >= 0.6 is 0 Å². The van der Waals surface area contributed by atoms with E-state index in [2.05, 4.69) is 11.9 Å². The van der Waals surface area contributed by atoms with Gasteiger partial charge in [-0.3, -0.25) is 0 Å². The van der Waals surface area contributed by atoms with Crippen molar-refractivity contribution in [1.29, 1.82) is 0 Å². The predicted molar refractivity (Wildman–Crippen MR) is 83.5 cm³/mol. The summed E-state index contributed by atoms with van der Waals surface area (Å²) in [7, 11) is 0. The van der Waals surface area contributed by atoms with Crippen LogP contribution < -0.4 is 5.32 Å². The lowest BCUT2D eigenvalue weighted by molar-refractivity contribution is -0.117. The van der Waals surface area contributed by atoms with Crippen LogP contribution in [0.1, 0.15) is 51.0 Å². The molecule has 3 heteroatoms. The van der Waals surface area contributed by atoms with E-state index in [1.165, 1.54) is 0 Å². The lowest BCUT2D eigenvalue weighted by Gasteiger charge is -2.11. The Morgan fingerprint density at radius 3 is 2.50 bits per heavy atom. The maximum Gasteiger partial charge on any atom is 0.129 e. The maximum atomic E-state index is 10.8. The normalized spacial score (nSPS) is 10.2. The number of rotatable bonds is 10. The third kappa shape index (κ3) is 6.41. The number of Topliss-reactive ketones (excluding diaryl/α,β-unsaturated/α-hetero) is 1. The van der Waals surface area contributed by atoms with E-state index in [-0.39, 0.29) is 11.5 Å². The lowest BCUT2D eigenvalue weighted by atomic mass is 10.1. The summed E-state index contributed by atoms with van der Waals surface area (Å²) in [5.74, 6) is 0.542. The summed E-state index contributed by atoms with van der Waals surface area (Å²) in [6, 6.07) is 7.20. The number of phenols is 1. The second kappa shape index (κ2) is 9.18. The van der Waals surface area contributed by atoms with Gasteiger partial charge in [0.05, 0.1) is 0 Å². The van der Waals surface area contributed by atoms with Crippen LogP contribution in [0, 0.1) is 0 Å². The SMILES string of the molecule is C=C(NCCCCCCCC(C)=O)c1ccccc1O. The third-order valence-corrected chi connectivity index (χ3v) is 3.27. The van der Waals surface area contributed by atoms with Gasteiger partial charge in [-0.25, -0.2) is 0 Å². The Labute approximate surface area is 121 Å². The quantitative estimate of drug-likeness (QED) is 0.637. The number of phenolic OH excluding ortho intramolecular Hbond substituents is 1. The topological polar surface area (TPSA) is 49.3 Å². The van der Waals surface area contributed by atoms with Crippen molar-refractivity contribution in [1.82, 2.24) is 5.32 Å². The fraction of sp³-hybridized carbons (Fsp3) is 0.471. The molecule has 3 nitrogen and oxygen atoms in total. The largest absolute Gasteiger partial charge is 0.507 e. The van der Waals surface area contributed by atoms with E-state index in [0.717, 1.165) is 49.9 Å². The minimum atomic E-state index is 0.259. The van der Waals surface area contributed by atoms with E-state index in [4.69, 9.17) is 0 Å². The molecule has 0 unspecified atom stereocenters. The van der Waals surface area contributed by atoms with Gasteiger partial charge in [0.25, 0.3) is 0 Å². The van der Waals surface area contributed by atoms with Crippen LogP contribution in [0.15, 0.2) is 30.8 Å². The van der Waals surface area contributed by atoms with Crippen LogP contribution in [0.4, 0.5) is 0 Å². The molecule has 2 N–H and O–H groups in total. The number of hydrogen-bond donors (Lipinski definition) is 2. The van der Waals surface area contributed by atoms with Crippen LogP contribution in [0.3, 0.4) is 0 Å². The van der Waals surface area contributed by atoms with Crippen molar-refractivity contribution in [3.05, 3.63) is 36.4 Å². The molecule has 0 aliphatic rings. The Kier molecular flexibility index (Phi) is 7.48. The van der Waals surface area contributed by atoms with E-state index in [1.54, 1.807) is 19.1 Å². The molecule has 0 atom stereocenters. The molecular weight excluding hydrogens is 250 g/mol. The predicted octanol–water partition coefficient (Wildman–Crippen LogP) is 3.88. The molecule has 0 spiro atoms. The van der Waals surface area contributed by atoms with Gasteiger partial charge in [-0.2, -0.15) is 0 Å². The van der Waals surface area contributed by atoms with Crippen LogP contribution in [-0.2, 0) is 4.79 Å². The molecule has 0 saturated carbocycles. The highest BCUT2D eigenvalue weighted by atomic mass is 16.3. The lowest BCUT2D eigenvalue weighted by Crippen LogP contribution is -2.12. The monoisotopic (exact) mass is 275 g/mol. The molecule has 0 aromatic heterocycles. The summed E-state index contributed by atoms with van der Waals surface area (Å²) < 4.78 is 0. The zero-order valence-corrected chi connectivity index (χ0v) is 12.3. The van der Waals surface area contributed by atoms with E-state index < -0.39 is 0 Å². The van der Waals surface area contributed by atoms with E-state index in [0.29, 0.717) is 6.42 Å². The molecule has 0 radical (unpaired) electrons. The number of nitrogens with one attached hydrogen (secondary N) is 1. The van der Waals surface area contributed by atoms with Gasteiger partial charge >= 0.3 is 0 Å². The molecule has 0 saturated heterocycles. The van der Waals surface area contributed by atoms with Gasteiger partial charge in [0.2, 0.25) is 0 Å². The summed E-state index contributed by atoms with van der Waals surface area (Å²) in [5, 5.41) is 12.9. The molecular formula is C17H25NO2. The van der Waals surface area contributed by atoms with Crippen molar-refractivity contribution in [2.24, 2.45) is 0 Å². The standard InChI is InChI=1S/C17H25NO2/c1-14(19)10-6-4-3-5-9-13-18-15(2)16-11-7-8-12-17(16)20/h7-8,11-12,18,20H,2-6,9-10,13H2,1H3. The van der Waals surface area contributed by atoms with Crippen molar-refractivity contribution in [2.45, 2.75) is 45.4 Å². The zero-order chi connectivity index (χ0) is 14.8. The van der Waals surface area contributed by atoms with Crippen LogP contribution in [-0.4, -0.2) is 17.4 Å². The Morgan fingerprint density at radius 1 is 1.15 bits per heavy atom. The second-order valence-corrected chi connectivity index (χ2v) is 5.14. The summed E-state index contributed by atoms with van der Waals surface area (Å²) in [6.07, 6.45) is 6.24. The van der Waals surface area contributed by atoms with Crippen molar-refractivity contribution >= 4 is 11.5 Å². The highest BCUT2D eigenvalue weighted by molar-refractivity contribution is 5.75. The van der Waals surface area contributed by atoms with Crippen LogP contribution in [0.5, 0.6) is 5.75 Å². The fourth-order valence-corrected chi connectivity index (χ4v) is 2.09. The number of carbonyl (C=O) groups is 1. The molecule has 0 aliphatic heterocycles. The first kappa shape index (κ1) is 16.3. The third-order valence-electron chi connectivity index (χ3n) is 3.27. The molecule has 0 amide bonds. The summed E-state index contributed by atoms with van der Waals surface area (Å²) >= 11 is 0.